The van der Waals surface area contributed by atoms with E-state index in [-0.39, 0.29) is 18.5 Å². The molecule has 0 spiro atoms. The summed E-state index contributed by atoms with van der Waals surface area (Å²) in [5.74, 6) is -0.299. The van der Waals surface area contributed by atoms with Crippen molar-refractivity contribution >= 4 is 21.6 Å². The smallest absolute Gasteiger partial charge is 0.125 e. The molecule has 4 heteroatoms. The second kappa shape index (κ2) is 6.17. The second-order valence-corrected chi connectivity index (χ2v) is 5.25. The van der Waals surface area contributed by atoms with E-state index in [1.54, 1.807) is 12.1 Å². The summed E-state index contributed by atoms with van der Waals surface area (Å²) >= 11 is 3.47. The van der Waals surface area contributed by atoms with E-state index in [4.69, 9.17) is 0 Å². The van der Waals surface area contributed by atoms with Crippen molar-refractivity contribution < 1.29 is 9.50 Å². The number of halogens is 2. The Morgan fingerprint density at radius 1 is 1.26 bits per heavy atom. The van der Waals surface area contributed by atoms with Gasteiger partial charge in [-0.1, -0.05) is 34.1 Å². The van der Waals surface area contributed by atoms with E-state index in [2.05, 4.69) is 21.2 Å². The van der Waals surface area contributed by atoms with Crippen LogP contribution in [0.5, 0.6) is 0 Å². The average molecular weight is 324 g/mol. The van der Waals surface area contributed by atoms with Crippen LogP contribution in [-0.2, 0) is 0 Å². The molecule has 1 atom stereocenters. The van der Waals surface area contributed by atoms with Crippen LogP contribution in [0.2, 0.25) is 0 Å². The molecule has 2 aromatic rings. The SMILES string of the molecule is Cc1ccc(C(CO)Nc2cccc(F)c2)cc1Br. The van der Waals surface area contributed by atoms with Gasteiger partial charge < -0.3 is 10.4 Å². The molecular weight excluding hydrogens is 309 g/mol. The Bertz CT molecular complexity index is 574. The fourth-order valence-corrected chi connectivity index (χ4v) is 2.24. The van der Waals surface area contributed by atoms with E-state index in [1.807, 2.05) is 25.1 Å². The van der Waals surface area contributed by atoms with Gasteiger partial charge in [0.15, 0.2) is 0 Å². The van der Waals surface area contributed by atoms with Crippen molar-refractivity contribution in [2.75, 3.05) is 11.9 Å². The number of hydrogen-bond donors (Lipinski definition) is 2. The summed E-state index contributed by atoms with van der Waals surface area (Å²) in [4.78, 5) is 0. The summed E-state index contributed by atoms with van der Waals surface area (Å²) in [5.41, 5.74) is 2.73. The number of aliphatic hydroxyl groups excluding tert-OH is 1. The lowest BCUT2D eigenvalue weighted by Gasteiger charge is -2.19. The summed E-state index contributed by atoms with van der Waals surface area (Å²) in [6, 6.07) is 11.8. The maximum absolute atomic E-state index is 13.1. The van der Waals surface area contributed by atoms with Crippen LogP contribution in [0.3, 0.4) is 0 Å². The Balaban J connectivity index is 2.22. The highest BCUT2D eigenvalue weighted by atomic mass is 79.9. The van der Waals surface area contributed by atoms with Crippen LogP contribution in [0.25, 0.3) is 0 Å². The van der Waals surface area contributed by atoms with Gasteiger partial charge in [0.1, 0.15) is 5.82 Å². The Labute approximate surface area is 120 Å². The highest BCUT2D eigenvalue weighted by Gasteiger charge is 2.11. The van der Waals surface area contributed by atoms with Crippen molar-refractivity contribution in [3.05, 3.63) is 63.9 Å². The lowest BCUT2D eigenvalue weighted by Crippen LogP contribution is -2.15. The van der Waals surface area contributed by atoms with Crippen LogP contribution in [0.15, 0.2) is 46.9 Å². The van der Waals surface area contributed by atoms with Crippen molar-refractivity contribution in [2.24, 2.45) is 0 Å². The van der Waals surface area contributed by atoms with Gasteiger partial charge in [-0.25, -0.2) is 4.39 Å². The van der Waals surface area contributed by atoms with E-state index in [0.29, 0.717) is 5.69 Å². The molecule has 1 unspecified atom stereocenters. The van der Waals surface area contributed by atoms with Gasteiger partial charge in [-0.05, 0) is 42.3 Å². The molecule has 2 aromatic carbocycles. The number of benzene rings is 2. The molecule has 0 saturated heterocycles. The largest absolute Gasteiger partial charge is 0.394 e. The number of nitrogens with one attached hydrogen (secondary N) is 1. The topological polar surface area (TPSA) is 32.3 Å². The van der Waals surface area contributed by atoms with Gasteiger partial charge in [-0.3, -0.25) is 0 Å². The fourth-order valence-electron chi connectivity index (χ4n) is 1.84. The Morgan fingerprint density at radius 3 is 2.68 bits per heavy atom. The molecule has 0 aliphatic carbocycles. The summed E-state index contributed by atoms with van der Waals surface area (Å²) in [6.07, 6.45) is 0. The lowest BCUT2D eigenvalue weighted by molar-refractivity contribution is 0.276. The molecule has 2 N–H and O–H groups in total. The zero-order valence-corrected chi connectivity index (χ0v) is 12.1. The number of rotatable bonds is 4. The molecule has 0 radical (unpaired) electrons. The molecule has 0 fully saturated rings. The number of anilines is 1. The molecule has 2 rings (SSSR count). The minimum Gasteiger partial charge on any atom is -0.394 e. The van der Waals surface area contributed by atoms with Crippen LogP contribution in [0.4, 0.5) is 10.1 Å². The molecule has 0 amide bonds. The third-order valence-electron chi connectivity index (χ3n) is 2.95. The first-order valence-corrected chi connectivity index (χ1v) is 6.78. The molecule has 0 aliphatic rings. The van der Waals surface area contributed by atoms with Crippen molar-refractivity contribution in [2.45, 2.75) is 13.0 Å². The van der Waals surface area contributed by atoms with E-state index < -0.39 is 0 Å². The normalized spacial score (nSPS) is 12.2. The van der Waals surface area contributed by atoms with E-state index >= 15 is 0 Å². The van der Waals surface area contributed by atoms with Crippen LogP contribution in [0, 0.1) is 12.7 Å². The predicted octanol–water partition coefficient (Wildman–Crippen LogP) is 4.04. The monoisotopic (exact) mass is 323 g/mol. The lowest BCUT2D eigenvalue weighted by atomic mass is 10.1. The van der Waals surface area contributed by atoms with Gasteiger partial charge in [-0.2, -0.15) is 0 Å². The molecule has 0 bridgehead atoms. The summed E-state index contributed by atoms with van der Waals surface area (Å²) in [7, 11) is 0. The van der Waals surface area contributed by atoms with Crippen molar-refractivity contribution in [1.82, 2.24) is 0 Å². The Kier molecular flexibility index (Phi) is 4.56. The van der Waals surface area contributed by atoms with Crippen molar-refractivity contribution in [3.8, 4) is 0 Å². The highest BCUT2D eigenvalue weighted by molar-refractivity contribution is 9.10. The van der Waals surface area contributed by atoms with E-state index in [1.165, 1.54) is 12.1 Å². The molecule has 0 saturated carbocycles. The third-order valence-corrected chi connectivity index (χ3v) is 3.80. The van der Waals surface area contributed by atoms with Crippen molar-refractivity contribution in [3.63, 3.8) is 0 Å². The summed E-state index contributed by atoms with van der Waals surface area (Å²) in [5, 5.41) is 12.6. The first-order valence-electron chi connectivity index (χ1n) is 5.99. The first kappa shape index (κ1) is 14.0. The zero-order chi connectivity index (χ0) is 13.8. The molecular formula is C15H15BrFNO. The minimum absolute atomic E-state index is 0.0635. The maximum atomic E-state index is 13.1. The minimum atomic E-state index is -0.299. The number of aliphatic hydroxyl groups is 1. The summed E-state index contributed by atoms with van der Waals surface area (Å²) < 4.78 is 14.1. The van der Waals surface area contributed by atoms with Gasteiger partial charge in [0, 0.05) is 10.2 Å². The Morgan fingerprint density at radius 2 is 2.05 bits per heavy atom. The predicted molar refractivity (Wildman–Crippen MR) is 78.7 cm³/mol. The molecule has 0 aliphatic heterocycles. The quantitative estimate of drug-likeness (QED) is 0.889. The molecule has 100 valence electrons. The van der Waals surface area contributed by atoms with E-state index in [9.17, 15) is 9.50 Å². The van der Waals surface area contributed by atoms with Gasteiger partial charge >= 0.3 is 0 Å². The van der Waals surface area contributed by atoms with Gasteiger partial charge in [-0.15, -0.1) is 0 Å². The standard InChI is InChI=1S/C15H15BrFNO/c1-10-5-6-11(7-14(10)16)15(9-19)18-13-4-2-3-12(17)8-13/h2-8,15,18-19H,9H2,1H3. The first-order chi connectivity index (χ1) is 9.10. The molecule has 2 nitrogen and oxygen atoms in total. The average Bonchev–Trinajstić information content (AvgIpc) is 2.39. The number of hydrogen-bond acceptors (Lipinski definition) is 2. The summed E-state index contributed by atoms with van der Waals surface area (Å²) in [6.45, 7) is 1.94. The number of aryl methyl sites for hydroxylation is 1. The molecule has 19 heavy (non-hydrogen) atoms. The van der Waals surface area contributed by atoms with Crippen LogP contribution < -0.4 is 5.32 Å². The van der Waals surface area contributed by atoms with Crippen LogP contribution >= 0.6 is 15.9 Å². The van der Waals surface area contributed by atoms with Gasteiger partial charge in [0.05, 0.1) is 12.6 Å². The van der Waals surface area contributed by atoms with Gasteiger partial charge in [0.2, 0.25) is 0 Å². The molecule has 0 aromatic heterocycles. The fraction of sp³-hybridized carbons (Fsp3) is 0.200. The van der Waals surface area contributed by atoms with Gasteiger partial charge in [0.25, 0.3) is 0 Å². The maximum Gasteiger partial charge on any atom is 0.125 e. The highest BCUT2D eigenvalue weighted by Crippen LogP contribution is 2.24. The second-order valence-electron chi connectivity index (χ2n) is 4.40. The van der Waals surface area contributed by atoms with Crippen LogP contribution in [0.1, 0.15) is 17.2 Å². The Hall–Kier alpha value is -1.39. The van der Waals surface area contributed by atoms with Crippen molar-refractivity contribution in [1.29, 1.82) is 0 Å². The zero-order valence-electron chi connectivity index (χ0n) is 10.5. The van der Waals surface area contributed by atoms with E-state index in [0.717, 1.165) is 15.6 Å². The molecule has 0 heterocycles. The third kappa shape index (κ3) is 3.55. The van der Waals surface area contributed by atoms with Crippen LogP contribution in [-0.4, -0.2) is 11.7 Å².